The maximum Gasteiger partial charge on any atom is 0.261 e. The quantitative estimate of drug-likeness (QED) is 0.240. The van der Waals surface area contributed by atoms with Crippen molar-refractivity contribution in [2.24, 2.45) is 0 Å². The molecule has 0 amide bonds. The highest BCUT2D eigenvalue weighted by molar-refractivity contribution is 4.63. The Balaban J connectivity index is 3.97. The van der Waals surface area contributed by atoms with Gasteiger partial charge in [0, 0.05) is 12.8 Å². The third kappa shape index (κ3) is 5.34. The van der Waals surface area contributed by atoms with Crippen LogP contribution in [0.2, 0.25) is 0 Å². The second-order valence-electron chi connectivity index (χ2n) is 4.90. The van der Waals surface area contributed by atoms with E-state index in [-0.39, 0.29) is 6.54 Å². The highest BCUT2D eigenvalue weighted by Crippen LogP contribution is 2.27. The summed E-state index contributed by atoms with van der Waals surface area (Å²) < 4.78 is 0. The van der Waals surface area contributed by atoms with Crippen LogP contribution in [0.5, 0.6) is 0 Å². The molecule has 0 radical (unpaired) electrons. The number of hydrogen-bond acceptors (Lipinski definition) is 3. The number of aliphatic hydroxyl groups is 1. The highest BCUT2D eigenvalue weighted by atomic mass is 16.9. The van der Waals surface area contributed by atoms with E-state index < -0.39 is 10.5 Å². The van der Waals surface area contributed by atoms with Gasteiger partial charge in [0.1, 0.15) is 6.54 Å². The van der Waals surface area contributed by atoms with Gasteiger partial charge in [0.2, 0.25) is 0 Å². The summed E-state index contributed by atoms with van der Waals surface area (Å²) in [5.74, 6) is 0. The number of hydrogen-bond donors (Lipinski definition) is 3. The van der Waals surface area contributed by atoms with Gasteiger partial charge in [0.15, 0.2) is 0 Å². The van der Waals surface area contributed by atoms with Gasteiger partial charge in [-0.3, -0.25) is 0 Å². The Hall–Kier alpha value is -0.160. The lowest BCUT2D eigenvalue weighted by Gasteiger charge is -2.36. The predicted octanol–water partition coefficient (Wildman–Crippen LogP) is 3.45. The molecule has 0 fully saturated rings. The molecule has 0 rings (SSSR count). The Kier molecular flexibility index (Phi) is 7.96. The van der Waals surface area contributed by atoms with Crippen LogP contribution in [0, 0.1) is 0 Å². The highest BCUT2D eigenvalue weighted by Gasteiger charge is 2.47. The SMILES string of the molecule is CCCCCCCCC(O)(CC)[N+](O)(O)CC. The molecule has 0 aromatic heterocycles. The minimum atomic E-state index is -1.42. The van der Waals surface area contributed by atoms with E-state index in [1.807, 2.05) is 0 Å². The van der Waals surface area contributed by atoms with E-state index in [1.165, 1.54) is 19.3 Å². The van der Waals surface area contributed by atoms with Gasteiger partial charge in [-0.15, -0.1) is 0 Å². The van der Waals surface area contributed by atoms with Crippen molar-refractivity contribution >= 4 is 0 Å². The minimum Gasteiger partial charge on any atom is -0.338 e. The van der Waals surface area contributed by atoms with Crippen LogP contribution in [-0.4, -0.2) is 32.6 Å². The number of nitrogens with zero attached hydrogens (tertiary/aromatic N) is 1. The van der Waals surface area contributed by atoms with Gasteiger partial charge in [-0.05, 0) is 18.2 Å². The largest absolute Gasteiger partial charge is 0.338 e. The summed E-state index contributed by atoms with van der Waals surface area (Å²) in [4.78, 5) is -1.28. The van der Waals surface area contributed by atoms with Crippen molar-refractivity contribution in [2.45, 2.75) is 77.9 Å². The van der Waals surface area contributed by atoms with Crippen LogP contribution in [0.1, 0.15) is 72.1 Å². The van der Waals surface area contributed by atoms with Crippen LogP contribution >= 0.6 is 0 Å². The number of quaternary nitrogens is 1. The Morgan fingerprint density at radius 2 is 1.41 bits per heavy atom. The summed E-state index contributed by atoms with van der Waals surface area (Å²) in [5, 5.41) is 29.7. The van der Waals surface area contributed by atoms with Gasteiger partial charge >= 0.3 is 0 Å². The van der Waals surface area contributed by atoms with E-state index in [2.05, 4.69) is 6.92 Å². The molecule has 0 aliphatic carbocycles. The summed E-state index contributed by atoms with van der Waals surface area (Å²) >= 11 is 0. The molecule has 0 aromatic rings. The lowest BCUT2D eigenvalue weighted by molar-refractivity contribution is -1.29. The first kappa shape index (κ1) is 16.8. The zero-order valence-corrected chi connectivity index (χ0v) is 11.7. The van der Waals surface area contributed by atoms with Crippen molar-refractivity contribution in [3.05, 3.63) is 0 Å². The average molecular weight is 248 g/mol. The molecular formula is C13H30NO3+. The van der Waals surface area contributed by atoms with Crippen LogP contribution in [0.25, 0.3) is 0 Å². The first-order valence-corrected chi connectivity index (χ1v) is 6.99. The summed E-state index contributed by atoms with van der Waals surface area (Å²) in [6.07, 6.45) is 7.55. The molecule has 0 saturated carbocycles. The Morgan fingerprint density at radius 1 is 0.882 bits per heavy atom. The zero-order chi connectivity index (χ0) is 13.4. The molecule has 0 aliphatic rings. The standard InChI is InChI=1S/C13H30NO3/c1-4-7-8-9-10-11-12-13(15,5-2)14(16,17)6-3/h15-17H,4-12H2,1-3H3/q+1. The molecule has 4 nitrogen and oxygen atoms in total. The molecule has 1 unspecified atom stereocenters. The van der Waals surface area contributed by atoms with Crippen LogP contribution in [0.4, 0.5) is 0 Å². The normalized spacial score (nSPS) is 15.9. The fourth-order valence-corrected chi connectivity index (χ4v) is 2.09. The molecule has 0 aliphatic heterocycles. The third-order valence-corrected chi connectivity index (χ3v) is 3.60. The van der Waals surface area contributed by atoms with Crippen LogP contribution in [0.15, 0.2) is 0 Å². The van der Waals surface area contributed by atoms with Crippen molar-refractivity contribution < 1.29 is 20.3 Å². The van der Waals surface area contributed by atoms with Gasteiger partial charge in [-0.2, -0.15) is 10.4 Å². The van der Waals surface area contributed by atoms with Crippen LogP contribution in [-0.2, 0) is 0 Å². The lowest BCUT2D eigenvalue weighted by Crippen LogP contribution is -2.60. The Bertz CT molecular complexity index is 197. The van der Waals surface area contributed by atoms with Gasteiger partial charge in [0.25, 0.3) is 5.72 Å². The maximum absolute atomic E-state index is 10.2. The van der Waals surface area contributed by atoms with Gasteiger partial charge < -0.3 is 5.11 Å². The van der Waals surface area contributed by atoms with Crippen LogP contribution in [0.3, 0.4) is 0 Å². The van der Waals surface area contributed by atoms with E-state index in [0.29, 0.717) is 12.8 Å². The molecule has 0 spiro atoms. The fourth-order valence-electron chi connectivity index (χ4n) is 2.09. The average Bonchev–Trinajstić information content (AvgIpc) is 2.33. The monoisotopic (exact) mass is 248 g/mol. The molecule has 1 atom stereocenters. The molecular weight excluding hydrogens is 218 g/mol. The van der Waals surface area contributed by atoms with E-state index in [9.17, 15) is 15.5 Å². The lowest BCUT2D eigenvalue weighted by atomic mass is 10.00. The molecule has 0 aromatic carbocycles. The molecule has 0 saturated heterocycles. The maximum atomic E-state index is 10.2. The van der Waals surface area contributed by atoms with Crippen molar-refractivity contribution in [1.82, 2.24) is 0 Å². The summed E-state index contributed by atoms with van der Waals surface area (Å²) in [6, 6.07) is 0. The third-order valence-electron chi connectivity index (χ3n) is 3.60. The van der Waals surface area contributed by atoms with Gasteiger partial charge in [-0.25, -0.2) is 0 Å². The van der Waals surface area contributed by atoms with Crippen molar-refractivity contribution in [3.8, 4) is 0 Å². The van der Waals surface area contributed by atoms with Gasteiger partial charge in [-0.1, -0.05) is 46.0 Å². The Labute approximate surface area is 105 Å². The molecule has 104 valence electrons. The molecule has 4 heteroatoms. The topological polar surface area (TPSA) is 60.7 Å². The Morgan fingerprint density at radius 3 is 1.88 bits per heavy atom. The van der Waals surface area contributed by atoms with Gasteiger partial charge in [0.05, 0.1) is 0 Å². The van der Waals surface area contributed by atoms with Crippen molar-refractivity contribution in [1.29, 1.82) is 0 Å². The number of unbranched alkanes of at least 4 members (excludes halogenated alkanes) is 5. The fraction of sp³-hybridized carbons (Fsp3) is 1.00. The molecule has 3 N–H and O–H groups in total. The summed E-state index contributed by atoms with van der Waals surface area (Å²) in [7, 11) is 0. The molecule has 17 heavy (non-hydrogen) atoms. The zero-order valence-electron chi connectivity index (χ0n) is 11.7. The predicted molar refractivity (Wildman–Crippen MR) is 67.6 cm³/mol. The van der Waals surface area contributed by atoms with E-state index >= 15 is 0 Å². The van der Waals surface area contributed by atoms with E-state index in [0.717, 1.165) is 19.3 Å². The summed E-state index contributed by atoms with van der Waals surface area (Å²) in [5.41, 5.74) is -1.42. The first-order valence-electron chi connectivity index (χ1n) is 6.99. The second kappa shape index (κ2) is 8.03. The summed E-state index contributed by atoms with van der Waals surface area (Å²) in [6.45, 7) is 5.72. The molecule has 0 heterocycles. The van der Waals surface area contributed by atoms with Crippen LogP contribution < -0.4 is 0 Å². The van der Waals surface area contributed by atoms with E-state index in [4.69, 9.17) is 0 Å². The number of hydroxylamine groups is 4. The smallest absolute Gasteiger partial charge is 0.261 e. The second-order valence-corrected chi connectivity index (χ2v) is 4.90. The van der Waals surface area contributed by atoms with Crippen molar-refractivity contribution in [3.63, 3.8) is 0 Å². The van der Waals surface area contributed by atoms with Crippen molar-refractivity contribution in [2.75, 3.05) is 6.54 Å². The van der Waals surface area contributed by atoms with E-state index in [1.54, 1.807) is 13.8 Å². The minimum absolute atomic E-state index is 0.0974. The molecule has 0 bridgehead atoms. The first-order chi connectivity index (χ1) is 7.93. The number of rotatable bonds is 10.